The van der Waals surface area contributed by atoms with Gasteiger partial charge in [-0.25, -0.2) is 10.2 Å². The normalized spacial score (nSPS) is 12.1. The van der Waals surface area contributed by atoms with Gasteiger partial charge in [0.15, 0.2) is 0 Å². The summed E-state index contributed by atoms with van der Waals surface area (Å²) in [6.45, 7) is 4.05. The van der Waals surface area contributed by atoms with E-state index >= 15 is 0 Å². The second-order valence-corrected chi connectivity index (χ2v) is 9.00. The lowest BCUT2D eigenvalue weighted by atomic mass is 10.0. The highest BCUT2D eigenvalue weighted by molar-refractivity contribution is 5.89. The molecule has 2 heterocycles. The first kappa shape index (κ1) is 26.1. The number of hydrogen-bond donors (Lipinski definition) is 3. The van der Waals surface area contributed by atoms with Crippen molar-refractivity contribution in [1.29, 1.82) is 0 Å². The van der Waals surface area contributed by atoms with Gasteiger partial charge in [-0.2, -0.15) is 5.10 Å². The summed E-state index contributed by atoms with van der Waals surface area (Å²) in [7, 11) is 0. The first-order valence-corrected chi connectivity index (χ1v) is 12.0. The Balaban J connectivity index is 1.45. The topological polar surface area (TPSA) is 152 Å². The Kier molecular flexibility index (Phi) is 8.17. The summed E-state index contributed by atoms with van der Waals surface area (Å²) in [4.78, 5) is 39.0. The molecule has 0 spiro atoms. The van der Waals surface area contributed by atoms with Gasteiger partial charge in [0.25, 0.3) is 11.6 Å². The summed E-state index contributed by atoms with van der Waals surface area (Å²) in [6, 6.07) is 16.0. The summed E-state index contributed by atoms with van der Waals surface area (Å²) in [5.74, 6) is 0.336. The number of nitrogens with zero attached hydrogens (tertiary/aromatic N) is 2. The minimum atomic E-state index is -0.956. The van der Waals surface area contributed by atoms with Crippen LogP contribution >= 0.6 is 0 Å². The van der Waals surface area contributed by atoms with E-state index in [9.17, 15) is 19.7 Å². The molecule has 2 aromatic carbocycles. The molecule has 2 amide bonds. The molecule has 0 unspecified atom stereocenters. The Hall–Kier alpha value is -4.93. The van der Waals surface area contributed by atoms with Crippen LogP contribution in [0.5, 0.6) is 0 Å². The molecular formula is C27H27N5O6. The van der Waals surface area contributed by atoms with Crippen LogP contribution in [0.25, 0.3) is 22.2 Å². The number of non-ortho nitro benzene ring substituents is 1. The molecule has 38 heavy (non-hydrogen) atoms. The smallest absolute Gasteiger partial charge is 0.407 e. The molecule has 0 aliphatic rings. The van der Waals surface area contributed by atoms with E-state index in [2.05, 4.69) is 20.8 Å². The molecule has 1 atom stereocenters. The zero-order chi connectivity index (χ0) is 27.1. The van der Waals surface area contributed by atoms with Crippen molar-refractivity contribution in [3.8, 4) is 11.3 Å². The molecule has 11 nitrogen and oxygen atoms in total. The molecule has 0 saturated carbocycles. The lowest BCUT2D eigenvalue weighted by Crippen LogP contribution is -2.47. The summed E-state index contributed by atoms with van der Waals surface area (Å²) >= 11 is 0. The molecule has 4 rings (SSSR count). The average Bonchev–Trinajstić information content (AvgIpc) is 3.54. The minimum Gasteiger partial charge on any atom is -0.455 e. The highest BCUT2D eigenvalue weighted by atomic mass is 16.6. The van der Waals surface area contributed by atoms with E-state index in [1.54, 1.807) is 30.5 Å². The number of rotatable bonds is 10. The lowest BCUT2D eigenvalue weighted by Gasteiger charge is -2.17. The fourth-order valence-corrected chi connectivity index (χ4v) is 3.74. The Labute approximate surface area is 218 Å². The number of carbonyl (C=O) groups is 2. The summed E-state index contributed by atoms with van der Waals surface area (Å²) in [5.41, 5.74) is 4.68. The molecule has 0 fully saturated rings. The van der Waals surface area contributed by atoms with E-state index in [0.29, 0.717) is 17.1 Å². The number of nitrogens with one attached hydrogen (secondary N) is 3. The second kappa shape index (κ2) is 11.9. The van der Waals surface area contributed by atoms with E-state index < -0.39 is 23.0 Å². The van der Waals surface area contributed by atoms with Crippen molar-refractivity contribution in [2.75, 3.05) is 6.61 Å². The van der Waals surface area contributed by atoms with E-state index in [1.165, 1.54) is 18.3 Å². The molecule has 0 aliphatic heterocycles. The van der Waals surface area contributed by atoms with Crippen LogP contribution in [0.3, 0.4) is 0 Å². The molecular weight excluding hydrogens is 490 g/mol. The number of para-hydroxylation sites is 1. The molecule has 0 radical (unpaired) electrons. The number of fused-ring (bicyclic) bond motifs is 1. The number of nitro benzene ring substituents is 1. The number of hydrogen-bond acceptors (Lipinski definition) is 7. The summed E-state index contributed by atoms with van der Waals surface area (Å²) in [6.07, 6.45) is 2.61. The van der Waals surface area contributed by atoms with Crippen LogP contribution in [0.2, 0.25) is 0 Å². The third-order valence-corrected chi connectivity index (χ3v) is 5.59. The van der Waals surface area contributed by atoms with Crippen molar-refractivity contribution in [2.45, 2.75) is 26.3 Å². The predicted molar refractivity (Wildman–Crippen MR) is 142 cm³/mol. The quantitative estimate of drug-likeness (QED) is 0.156. The SMILES string of the molecule is CC(C)COC(=O)N[C@@H](Cc1c[nH]c2ccccc12)C(=O)N/N=C\c1ccc(-c2cccc([N+](=O)[O-])c2)o1. The van der Waals surface area contributed by atoms with Crippen LogP contribution in [0.15, 0.2) is 76.4 Å². The molecule has 3 N–H and O–H groups in total. The van der Waals surface area contributed by atoms with Crippen LogP contribution in [0, 0.1) is 16.0 Å². The maximum absolute atomic E-state index is 13.0. The largest absolute Gasteiger partial charge is 0.455 e. The molecule has 4 aromatic rings. The van der Waals surface area contributed by atoms with Crippen LogP contribution in [-0.2, 0) is 16.0 Å². The number of benzene rings is 2. The highest BCUT2D eigenvalue weighted by Gasteiger charge is 2.23. The number of nitro groups is 1. The zero-order valence-corrected chi connectivity index (χ0v) is 20.8. The Morgan fingerprint density at radius 3 is 2.76 bits per heavy atom. The van der Waals surface area contributed by atoms with E-state index in [-0.39, 0.29) is 24.6 Å². The number of alkyl carbamates (subject to hydrolysis) is 1. The van der Waals surface area contributed by atoms with Crippen LogP contribution in [0.4, 0.5) is 10.5 Å². The maximum atomic E-state index is 13.0. The van der Waals surface area contributed by atoms with E-state index in [0.717, 1.165) is 16.5 Å². The van der Waals surface area contributed by atoms with Gasteiger partial charge in [0, 0.05) is 41.2 Å². The monoisotopic (exact) mass is 517 g/mol. The first-order chi connectivity index (χ1) is 18.3. The van der Waals surface area contributed by atoms with Gasteiger partial charge in [-0.05, 0) is 29.7 Å². The number of amides is 2. The number of aromatic nitrogens is 1. The van der Waals surface area contributed by atoms with Gasteiger partial charge in [0.05, 0.1) is 17.7 Å². The number of ether oxygens (including phenoxy) is 1. The van der Waals surface area contributed by atoms with Crippen molar-refractivity contribution in [1.82, 2.24) is 15.7 Å². The second-order valence-electron chi connectivity index (χ2n) is 9.00. The highest BCUT2D eigenvalue weighted by Crippen LogP contribution is 2.25. The van der Waals surface area contributed by atoms with Gasteiger partial charge in [-0.3, -0.25) is 14.9 Å². The van der Waals surface area contributed by atoms with Crippen molar-refractivity contribution in [3.05, 3.63) is 88.3 Å². The maximum Gasteiger partial charge on any atom is 0.407 e. The Morgan fingerprint density at radius 2 is 1.97 bits per heavy atom. The molecule has 0 bridgehead atoms. The molecule has 196 valence electrons. The average molecular weight is 518 g/mol. The van der Waals surface area contributed by atoms with Crippen molar-refractivity contribution in [2.24, 2.45) is 11.0 Å². The van der Waals surface area contributed by atoms with Crippen LogP contribution < -0.4 is 10.7 Å². The van der Waals surface area contributed by atoms with Crippen LogP contribution in [-0.4, -0.2) is 40.8 Å². The van der Waals surface area contributed by atoms with Crippen LogP contribution in [0.1, 0.15) is 25.2 Å². The van der Waals surface area contributed by atoms with Crippen molar-refractivity contribution in [3.63, 3.8) is 0 Å². The lowest BCUT2D eigenvalue weighted by molar-refractivity contribution is -0.384. The number of carbonyl (C=O) groups excluding carboxylic acids is 2. The van der Waals surface area contributed by atoms with Crippen molar-refractivity contribution < 1.29 is 23.7 Å². The van der Waals surface area contributed by atoms with E-state index in [4.69, 9.17) is 9.15 Å². The third-order valence-electron chi connectivity index (χ3n) is 5.59. The summed E-state index contributed by atoms with van der Waals surface area (Å²) in [5, 5.41) is 18.6. The van der Waals surface area contributed by atoms with Gasteiger partial charge < -0.3 is 19.5 Å². The Morgan fingerprint density at radius 1 is 1.16 bits per heavy atom. The molecule has 11 heteroatoms. The predicted octanol–water partition coefficient (Wildman–Crippen LogP) is 4.78. The van der Waals surface area contributed by atoms with Gasteiger partial charge >= 0.3 is 6.09 Å². The van der Waals surface area contributed by atoms with Gasteiger partial charge in [-0.15, -0.1) is 0 Å². The molecule has 0 aliphatic carbocycles. The standard InChI is InChI=1S/C27H27N5O6/c1-17(2)16-37-27(34)30-24(13-19-14-28-23-9-4-3-8-22(19)23)26(33)31-29-15-21-10-11-25(38-21)18-6-5-7-20(12-18)32(35)36/h3-12,14-15,17,24,28H,13,16H2,1-2H3,(H,30,34)(H,31,33)/b29-15-/t24-/m0/s1. The number of aromatic amines is 1. The first-order valence-electron chi connectivity index (χ1n) is 12.0. The van der Waals surface area contributed by atoms with E-state index in [1.807, 2.05) is 38.1 Å². The number of furan rings is 1. The Bertz CT molecular complexity index is 1470. The zero-order valence-electron chi connectivity index (χ0n) is 20.8. The fraction of sp³-hybridized carbons (Fsp3) is 0.222. The number of hydrazone groups is 1. The van der Waals surface area contributed by atoms with Gasteiger partial charge in [0.1, 0.15) is 17.6 Å². The van der Waals surface area contributed by atoms with Gasteiger partial charge in [-0.1, -0.05) is 44.2 Å². The molecule has 0 saturated heterocycles. The van der Waals surface area contributed by atoms with Crippen molar-refractivity contribution >= 4 is 34.8 Å². The van der Waals surface area contributed by atoms with Gasteiger partial charge in [0.2, 0.25) is 0 Å². The molecule has 2 aromatic heterocycles. The summed E-state index contributed by atoms with van der Waals surface area (Å²) < 4.78 is 10.9. The third kappa shape index (κ3) is 6.64. The number of H-pyrrole nitrogens is 1. The minimum absolute atomic E-state index is 0.0537. The fourth-order valence-electron chi connectivity index (χ4n) is 3.74.